The summed E-state index contributed by atoms with van der Waals surface area (Å²) in [5, 5.41) is 10.7. The third-order valence-electron chi connectivity index (χ3n) is 6.02. The number of carboxylic acid groups (broad SMARTS) is 1. The number of unbranched alkanes of at least 4 members (excludes halogenated alkanes) is 15. The number of hydrogen-bond donors (Lipinski definition) is 0. The average molecular weight is 449 g/mol. The van der Waals surface area contributed by atoms with Crippen molar-refractivity contribution in [3.8, 4) is 0 Å². The van der Waals surface area contributed by atoms with Crippen LogP contribution < -0.4 is 34.7 Å². The Morgan fingerprint density at radius 1 is 0.645 bits per heavy atom. The molecule has 0 aromatic carbocycles. The Hall–Kier alpha value is -0.0600. The van der Waals surface area contributed by atoms with E-state index in [-0.39, 0.29) is 29.6 Å². The number of aliphatic carboxylic acids is 1. The largest absolute Gasteiger partial charge is 1.00 e. The van der Waals surface area contributed by atoms with E-state index in [9.17, 15) is 14.7 Å². The minimum Gasteiger partial charge on any atom is -0.550 e. The van der Waals surface area contributed by atoms with Crippen molar-refractivity contribution >= 4 is 11.9 Å². The molecule has 0 N–H and O–H groups in total. The van der Waals surface area contributed by atoms with Crippen LogP contribution in [0.4, 0.5) is 0 Å². The normalized spacial score (nSPS) is 12.7. The predicted molar refractivity (Wildman–Crippen MR) is 123 cm³/mol. The van der Waals surface area contributed by atoms with Crippen molar-refractivity contribution in [3.05, 3.63) is 0 Å². The minimum absolute atomic E-state index is 0. The van der Waals surface area contributed by atoms with Gasteiger partial charge in [0.1, 0.15) is 5.60 Å². The standard InChI is InChI=1S/C26H50O4.Na/c1-4-6-8-10-12-13-14-16-18-20-22-26(3,30-25(29)23-24(27)28)21-19-17-15-11-9-7-5-2;/h4-23H2,1-3H3,(H,27,28);/q;+1/p-1. The fourth-order valence-corrected chi connectivity index (χ4v) is 4.10. The second kappa shape index (κ2) is 23.1. The number of carboxylic acids is 1. The van der Waals surface area contributed by atoms with Crippen molar-refractivity contribution in [3.63, 3.8) is 0 Å². The average Bonchev–Trinajstić information content (AvgIpc) is 2.68. The van der Waals surface area contributed by atoms with Gasteiger partial charge in [0.05, 0.1) is 12.4 Å². The number of carbonyl (C=O) groups excluding carboxylic acids is 2. The Balaban J connectivity index is 0. The molecule has 1 unspecified atom stereocenters. The monoisotopic (exact) mass is 448 g/mol. The van der Waals surface area contributed by atoms with Gasteiger partial charge in [-0.25, -0.2) is 0 Å². The van der Waals surface area contributed by atoms with Crippen LogP contribution in [0.25, 0.3) is 0 Å². The summed E-state index contributed by atoms with van der Waals surface area (Å²) < 4.78 is 5.62. The van der Waals surface area contributed by atoms with E-state index in [0.717, 1.165) is 38.5 Å². The molecule has 0 heterocycles. The molecule has 0 saturated heterocycles. The van der Waals surface area contributed by atoms with Crippen LogP contribution >= 0.6 is 0 Å². The number of carbonyl (C=O) groups is 2. The van der Waals surface area contributed by atoms with Gasteiger partial charge in [-0.15, -0.1) is 0 Å². The molecule has 4 nitrogen and oxygen atoms in total. The van der Waals surface area contributed by atoms with Crippen LogP contribution in [-0.2, 0) is 14.3 Å². The van der Waals surface area contributed by atoms with E-state index < -0.39 is 24.0 Å². The first-order valence-corrected chi connectivity index (χ1v) is 12.8. The molecule has 0 amide bonds. The number of ether oxygens (including phenoxy) is 1. The van der Waals surface area contributed by atoms with Gasteiger partial charge >= 0.3 is 35.5 Å². The first-order valence-electron chi connectivity index (χ1n) is 12.8. The molecule has 0 aliphatic heterocycles. The van der Waals surface area contributed by atoms with Crippen molar-refractivity contribution in [1.82, 2.24) is 0 Å². The van der Waals surface area contributed by atoms with Gasteiger partial charge in [-0.2, -0.15) is 0 Å². The molecule has 178 valence electrons. The molecule has 0 saturated carbocycles. The summed E-state index contributed by atoms with van der Waals surface area (Å²) >= 11 is 0. The smallest absolute Gasteiger partial charge is 0.550 e. The maximum Gasteiger partial charge on any atom is 1.00 e. The van der Waals surface area contributed by atoms with E-state index in [4.69, 9.17) is 4.74 Å². The van der Waals surface area contributed by atoms with Crippen molar-refractivity contribution in [1.29, 1.82) is 0 Å². The molecule has 0 aromatic heterocycles. The molecule has 0 aromatic rings. The maximum absolute atomic E-state index is 11.9. The van der Waals surface area contributed by atoms with E-state index in [1.807, 2.05) is 6.92 Å². The van der Waals surface area contributed by atoms with Crippen molar-refractivity contribution < 1.29 is 49.0 Å². The second-order valence-corrected chi connectivity index (χ2v) is 9.28. The Morgan fingerprint density at radius 3 is 1.29 bits per heavy atom. The first-order chi connectivity index (χ1) is 14.4. The van der Waals surface area contributed by atoms with E-state index in [1.165, 1.54) is 83.5 Å². The molecule has 5 heteroatoms. The fraction of sp³-hybridized carbons (Fsp3) is 0.923. The number of hydrogen-bond acceptors (Lipinski definition) is 4. The van der Waals surface area contributed by atoms with Gasteiger partial charge in [-0.1, -0.05) is 110 Å². The fourth-order valence-electron chi connectivity index (χ4n) is 4.10. The van der Waals surface area contributed by atoms with E-state index >= 15 is 0 Å². The molecular weight excluding hydrogens is 399 g/mol. The van der Waals surface area contributed by atoms with E-state index in [2.05, 4.69) is 13.8 Å². The number of esters is 1. The maximum atomic E-state index is 11.9. The van der Waals surface area contributed by atoms with Gasteiger partial charge in [0.25, 0.3) is 0 Å². The van der Waals surface area contributed by atoms with Crippen molar-refractivity contribution in [2.75, 3.05) is 0 Å². The molecule has 0 rings (SSSR count). The minimum atomic E-state index is -1.36. The van der Waals surface area contributed by atoms with Gasteiger partial charge in [0.2, 0.25) is 0 Å². The van der Waals surface area contributed by atoms with Crippen molar-refractivity contribution in [2.24, 2.45) is 0 Å². The first kappa shape index (κ1) is 33.1. The van der Waals surface area contributed by atoms with E-state index in [0.29, 0.717) is 0 Å². The van der Waals surface area contributed by atoms with Crippen LogP contribution in [0.1, 0.15) is 149 Å². The Morgan fingerprint density at radius 2 is 0.968 bits per heavy atom. The summed E-state index contributed by atoms with van der Waals surface area (Å²) in [6.45, 7) is 6.45. The van der Waals surface area contributed by atoms with Crippen LogP contribution in [0.5, 0.6) is 0 Å². The third kappa shape index (κ3) is 22.9. The molecular formula is C26H49NaO4. The Labute approximate surface area is 215 Å². The molecule has 1 atom stereocenters. The van der Waals surface area contributed by atoms with Crippen LogP contribution in [0.15, 0.2) is 0 Å². The van der Waals surface area contributed by atoms with Crippen LogP contribution in [0.3, 0.4) is 0 Å². The van der Waals surface area contributed by atoms with Gasteiger partial charge in [-0.3, -0.25) is 4.79 Å². The summed E-state index contributed by atoms with van der Waals surface area (Å²) in [6.07, 6.45) is 22.2. The predicted octanol–water partition coefficient (Wildman–Crippen LogP) is 3.88. The molecule has 31 heavy (non-hydrogen) atoms. The zero-order chi connectivity index (χ0) is 22.5. The quantitative estimate of drug-likeness (QED) is 0.109. The van der Waals surface area contributed by atoms with Crippen LogP contribution in [0, 0.1) is 0 Å². The SMILES string of the molecule is CCCCCCCCCCCCC(C)(CCCCCCCCC)OC(=O)CC(=O)[O-].[Na+]. The topological polar surface area (TPSA) is 66.4 Å². The van der Waals surface area contributed by atoms with Crippen LogP contribution in [-0.4, -0.2) is 17.5 Å². The summed E-state index contributed by atoms with van der Waals surface area (Å²) in [4.78, 5) is 22.6. The number of rotatable bonds is 22. The van der Waals surface area contributed by atoms with Crippen molar-refractivity contribution in [2.45, 2.75) is 155 Å². The molecule has 0 spiro atoms. The third-order valence-corrected chi connectivity index (χ3v) is 6.02. The zero-order valence-corrected chi connectivity index (χ0v) is 23.3. The van der Waals surface area contributed by atoms with Gasteiger partial charge in [0, 0.05) is 0 Å². The summed E-state index contributed by atoms with van der Waals surface area (Å²) in [7, 11) is 0. The Kier molecular flexibility index (Phi) is 24.7. The molecule has 0 fully saturated rings. The van der Waals surface area contributed by atoms with Gasteiger partial charge in [0.15, 0.2) is 0 Å². The second-order valence-electron chi connectivity index (χ2n) is 9.28. The molecule has 0 aliphatic carbocycles. The van der Waals surface area contributed by atoms with Gasteiger partial charge < -0.3 is 14.6 Å². The van der Waals surface area contributed by atoms with Gasteiger partial charge in [-0.05, 0) is 32.6 Å². The Bertz CT molecular complexity index is 428. The van der Waals surface area contributed by atoms with Crippen LogP contribution in [0.2, 0.25) is 0 Å². The molecule has 0 aliphatic rings. The summed E-state index contributed by atoms with van der Waals surface area (Å²) in [5.74, 6) is -2.02. The summed E-state index contributed by atoms with van der Waals surface area (Å²) in [5.41, 5.74) is -0.546. The zero-order valence-electron chi connectivity index (χ0n) is 21.3. The molecule has 0 bridgehead atoms. The summed E-state index contributed by atoms with van der Waals surface area (Å²) in [6, 6.07) is 0. The van der Waals surface area contributed by atoms with E-state index in [1.54, 1.807) is 0 Å². The molecule has 0 radical (unpaired) electrons.